The van der Waals surface area contributed by atoms with Crippen LogP contribution in [0, 0.1) is 0 Å². The minimum atomic E-state index is -3.48. The molecule has 10 nitrogen and oxygen atoms in total. The van der Waals surface area contributed by atoms with Gasteiger partial charge in [0.25, 0.3) is 5.56 Å². The predicted molar refractivity (Wildman–Crippen MR) is 142 cm³/mol. The van der Waals surface area contributed by atoms with Crippen molar-refractivity contribution in [3.63, 3.8) is 0 Å². The maximum absolute atomic E-state index is 12.8. The van der Waals surface area contributed by atoms with Gasteiger partial charge in [0.1, 0.15) is 0 Å². The Kier molecular flexibility index (Phi) is 6.71. The summed E-state index contributed by atoms with van der Waals surface area (Å²) in [7, 11) is 0.336. The Morgan fingerprint density at radius 1 is 1.08 bits per heavy atom. The number of nitrogens with one attached hydrogen (secondary N) is 2. The number of aromatic nitrogens is 3. The maximum Gasteiger partial charge on any atom is 0.264 e. The summed E-state index contributed by atoms with van der Waals surface area (Å²) in [6, 6.07) is 7.39. The first-order valence-electron chi connectivity index (χ1n) is 12.3. The standard InChI is InChI=1S/C25H33N7O3S/c1-30-10-12-32(13-11-30)9-8-26-20-7-4-17(14-23(20)36(3,34)35)21-15-22-19(16-27-21)24(33)31(2)25(29-22)28-18-5-6-18/h4,7,14-16,18,26H,5-6,8-13H2,1-3H3,(H,28,29). The van der Waals surface area contributed by atoms with Crippen molar-refractivity contribution in [1.82, 2.24) is 24.3 Å². The lowest BCUT2D eigenvalue weighted by atomic mass is 10.1. The molecule has 11 heteroatoms. The number of sulfone groups is 1. The highest BCUT2D eigenvalue weighted by Gasteiger charge is 2.23. The Labute approximate surface area is 211 Å². The van der Waals surface area contributed by atoms with Crippen LogP contribution in [0.25, 0.3) is 22.2 Å². The number of piperazine rings is 1. The number of fused-ring (bicyclic) bond motifs is 1. The molecule has 0 spiro atoms. The first-order valence-corrected chi connectivity index (χ1v) is 14.2. The second-order valence-electron chi connectivity index (χ2n) is 9.86. The van der Waals surface area contributed by atoms with Crippen LogP contribution in [0.1, 0.15) is 12.8 Å². The predicted octanol–water partition coefficient (Wildman–Crippen LogP) is 1.63. The van der Waals surface area contributed by atoms with Crippen LogP contribution in [-0.2, 0) is 16.9 Å². The van der Waals surface area contributed by atoms with Gasteiger partial charge in [0.2, 0.25) is 5.95 Å². The molecule has 1 saturated carbocycles. The van der Waals surface area contributed by atoms with Crippen molar-refractivity contribution in [1.29, 1.82) is 0 Å². The molecule has 2 N–H and O–H groups in total. The normalized spacial score (nSPS) is 17.4. The van der Waals surface area contributed by atoms with Crippen molar-refractivity contribution in [2.45, 2.75) is 23.8 Å². The zero-order chi connectivity index (χ0) is 25.4. The van der Waals surface area contributed by atoms with Gasteiger partial charge in [-0.25, -0.2) is 13.4 Å². The van der Waals surface area contributed by atoms with Gasteiger partial charge in [0, 0.05) is 70.4 Å². The van der Waals surface area contributed by atoms with Gasteiger partial charge in [0.15, 0.2) is 9.84 Å². The molecular formula is C25H33N7O3S. The molecule has 2 fully saturated rings. The third-order valence-electron chi connectivity index (χ3n) is 6.89. The molecule has 2 aromatic heterocycles. The van der Waals surface area contributed by atoms with E-state index in [2.05, 4.69) is 37.4 Å². The summed E-state index contributed by atoms with van der Waals surface area (Å²) in [5.74, 6) is 0.531. The van der Waals surface area contributed by atoms with Crippen LogP contribution >= 0.6 is 0 Å². The minimum absolute atomic E-state index is 0.168. The quantitative estimate of drug-likeness (QED) is 0.466. The van der Waals surface area contributed by atoms with Gasteiger partial charge >= 0.3 is 0 Å². The number of nitrogens with zero attached hydrogens (tertiary/aromatic N) is 5. The lowest BCUT2D eigenvalue weighted by Crippen LogP contribution is -2.45. The van der Waals surface area contributed by atoms with Gasteiger partial charge < -0.3 is 15.5 Å². The Morgan fingerprint density at radius 3 is 2.53 bits per heavy atom. The highest BCUT2D eigenvalue weighted by atomic mass is 32.2. The van der Waals surface area contributed by atoms with Crippen LogP contribution < -0.4 is 16.2 Å². The Hall–Kier alpha value is -3.02. The van der Waals surface area contributed by atoms with E-state index in [1.54, 1.807) is 25.2 Å². The molecule has 5 rings (SSSR count). The molecule has 0 bridgehead atoms. The summed E-state index contributed by atoms with van der Waals surface area (Å²) in [4.78, 5) is 26.8. The van der Waals surface area contributed by atoms with Crippen molar-refractivity contribution >= 4 is 32.4 Å². The molecule has 0 radical (unpaired) electrons. The van der Waals surface area contributed by atoms with E-state index in [-0.39, 0.29) is 10.5 Å². The summed E-state index contributed by atoms with van der Waals surface area (Å²) >= 11 is 0. The Morgan fingerprint density at radius 2 is 1.83 bits per heavy atom. The summed E-state index contributed by atoms with van der Waals surface area (Å²) in [6.45, 7) is 5.62. The van der Waals surface area contributed by atoms with Crippen LogP contribution in [-0.4, -0.2) is 91.4 Å². The third-order valence-corrected chi connectivity index (χ3v) is 8.02. The first-order chi connectivity index (χ1) is 17.2. The summed E-state index contributed by atoms with van der Waals surface area (Å²) in [6.07, 6.45) is 4.87. The van der Waals surface area contributed by atoms with Gasteiger partial charge in [0.05, 0.1) is 27.2 Å². The number of anilines is 2. The summed E-state index contributed by atoms with van der Waals surface area (Å²) in [5.41, 5.74) is 2.16. The van der Waals surface area contributed by atoms with Crippen molar-refractivity contribution in [3.8, 4) is 11.3 Å². The van der Waals surface area contributed by atoms with Crippen molar-refractivity contribution < 1.29 is 8.42 Å². The lowest BCUT2D eigenvalue weighted by molar-refractivity contribution is 0.158. The molecule has 0 atom stereocenters. The largest absolute Gasteiger partial charge is 0.383 e. The summed E-state index contributed by atoms with van der Waals surface area (Å²) < 4.78 is 26.8. The Balaban J connectivity index is 1.41. The molecule has 192 valence electrons. The van der Waals surface area contributed by atoms with Crippen LogP contribution in [0.15, 0.2) is 40.2 Å². The van der Waals surface area contributed by atoms with Crippen LogP contribution in [0.4, 0.5) is 11.6 Å². The van der Waals surface area contributed by atoms with E-state index < -0.39 is 9.84 Å². The fraction of sp³-hybridized carbons (Fsp3) is 0.480. The topological polar surface area (TPSA) is 112 Å². The highest BCUT2D eigenvalue weighted by Crippen LogP contribution is 2.29. The van der Waals surface area contributed by atoms with Crippen LogP contribution in [0.5, 0.6) is 0 Å². The summed E-state index contributed by atoms with van der Waals surface area (Å²) in [5, 5.41) is 7.03. The molecule has 36 heavy (non-hydrogen) atoms. The zero-order valence-electron chi connectivity index (χ0n) is 21.0. The molecular weight excluding hydrogens is 478 g/mol. The van der Waals surface area contributed by atoms with Gasteiger partial charge in [-0.05, 0) is 38.1 Å². The highest BCUT2D eigenvalue weighted by molar-refractivity contribution is 7.90. The number of hydrogen-bond acceptors (Lipinski definition) is 9. The Bertz CT molecular complexity index is 1440. The maximum atomic E-state index is 12.8. The molecule has 1 aliphatic carbocycles. The molecule has 0 amide bonds. The SMILES string of the molecule is CN1CCN(CCNc2ccc(-c3cc4nc(NC5CC5)n(C)c(=O)c4cn3)cc2S(C)(=O)=O)CC1. The van der Waals surface area contributed by atoms with E-state index in [1.807, 2.05) is 6.07 Å². The zero-order valence-corrected chi connectivity index (χ0v) is 21.8. The second kappa shape index (κ2) is 9.79. The van der Waals surface area contributed by atoms with Crippen molar-refractivity contribution in [2.75, 3.05) is 63.2 Å². The van der Waals surface area contributed by atoms with E-state index in [1.165, 1.54) is 17.0 Å². The van der Waals surface area contributed by atoms with E-state index >= 15 is 0 Å². The second-order valence-corrected chi connectivity index (χ2v) is 11.8. The molecule has 3 heterocycles. The number of likely N-dealkylation sites (N-methyl/N-ethyl adjacent to an activating group) is 1. The number of hydrogen-bond donors (Lipinski definition) is 2. The average Bonchev–Trinajstić information content (AvgIpc) is 3.67. The lowest BCUT2D eigenvalue weighted by Gasteiger charge is -2.32. The van der Waals surface area contributed by atoms with E-state index in [0.717, 1.165) is 45.6 Å². The van der Waals surface area contributed by atoms with Gasteiger partial charge in [-0.3, -0.25) is 19.2 Å². The fourth-order valence-electron chi connectivity index (χ4n) is 4.42. The van der Waals surface area contributed by atoms with Gasteiger partial charge in [-0.2, -0.15) is 0 Å². The molecule has 1 saturated heterocycles. The first kappa shape index (κ1) is 24.7. The van der Waals surface area contributed by atoms with Gasteiger partial charge in [-0.15, -0.1) is 0 Å². The fourth-order valence-corrected chi connectivity index (χ4v) is 5.30. The van der Waals surface area contributed by atoms with E-state index in [9.17, 15) is 13.2 Å². The van der Waals surface area contributed by atoms with E-state index in [0.29, 0.717) is 46.4 Å². The van der Waals surface area contributed by atoms with Crippen molar-refractivity contribution in [3.05, 3.63) is 40.8 Å². The number of rotatable bonds is 8. The van der Waals surface area contributed by atoms with Crippen LogP contribution in [0.2, 0.25) is 0 Å². The number of benzene rings is 1. The van der Waals surface area contributed by atoms with Crippen molar-refractivity contribution in [2.24, 2.45) is 7.05 Å². The molecule has 1 aromatic carbocycles. The van der Waals surface area contributed by atoms with E-state index in [4.69, 9.17) is 0 Å². The molecule has 3 aromatic rings. The monoisotopic (exact) mass is 511 g/mol. The van der Waals surface area contributed by atoms with Crippen LogP contribution in [0.3, 0.4) is 0 Å². The minimum Gasteiger partial charge on any atom is -0.383 e. The molecule has 0 unspecified atom stereocenters. The molecule has 1 aliphatic heterocycles. The number of pyridine rings is 1. The smallest absolute Gasteiger partial charge is 0.264 e. The average molecular weight is 512 g/mol. The third kappa shape index (κ3) is 5.37. The van der Waals surface area contributed by atoms with Gasteiger partial charge in [-0.1, -0.05) is 6.07 Å². The molecule has 2 aliphatic rings.